The molecule has 1 N–H and O–H groups in total. The first-order valence-corrected chi connectivity index (χ1v) is 7.63. The number of nitrogens with one attached hydrogen (secondary N) is 1. The molecule has 1 aromatic carbocycles. The van der Waals surface area contributed by atoms with Crippen molar-refractivity contribution in [3.05, 3.63) is 50.2 Å². The summed E-state index contributed by atoms with van der Waals surface area (Å²) in [5, 5.41) is 6.33. The highest BCUT2D eigenvalue weighted by molar-refractivity contribution is 7.10. The van der Waals surface area contributed by atoms with Crippen LogP contribution < -0.4 is 10.1 Å². The van der Waals surface area contributed by atoms with Crippen LogP contribution in [0.3, 0.4) is 0 Å². The van der Waals surface area contributed by atoms with Gasteiger partial charge in [0, 0.05) is 16.9 Å². The fraction of sp³-hybridized carbons (Fsp3) is 0.333. The maximum atomic E-state index is 6.41. The van der Waals surface area contributed by atoms with Gasteiger partial charge in [-0.25, -0.2) is 0 Å². The maximum absolute atomic E-state index is 6.41. The van der Waals surface area contributed by atoms with E-state index in [0.29, 0.717) is 0 Å². The van der Waals surface area contributed by atoms with Gasteiger partial charge in [-0.05, 0) is 30.5 Å². The number of thiophene rings is 1. The molecule has 1 aliphatic heterocycles. The van der Waals surface area contributed by atoms with Gasteiger partial charge in [-0.3, -0.25) is 0 Å². The zero-order valence-electron chi connectivity index (χ0n) is 11.0. The molecule has 1 aliphatic rings. The molecular formula is C15H16ClNOS. The van der Waals surface area contributed by atoms with E-state index < -0.39 is 0 Å². The summed E-state index contributed by atoms with van der Waals surface area (Å²) in [6.07, 6.45) is 0.997. The Balaban J connectivity index is 2.09. The van der Waals surface area contributed by atoms with E-state index in [1.54, 1.807) is 11.3 Å². The number of hydrogen-bond donors (Lipinski definition) is 1. The normalized spacial score (nSPS) is 15.1. The van der Waals surface area contributed by atoms with E-state index in [9.17, 15) is 0 Å². The fourth-order valence-electron chi connectivity index (χ4n) is 2.54. The number of rotatable bonds is 3. The van der Waals surface area contributed by atoms with Gasteiger partial charge in [0.15, 0.2) is 0 Å². The average Bonchev–Trinajstić information content (AvgIpc) is 3.01. The van der Waals surface area contributed by atoms with Gasteiger partial charge in [-0.1, -0.05) is 29.8 Å². The van der Waals surface area contributed by atoms with E-state index >= 15 is 0 Å². The Morgan fingerprint density at radius 2 is 2.26 bits per heavy atom. The lowest BCUT2D eigenvalue weighted by atomic mass is 10.0. The summed E-state index contributed by atoms with van der Waals surface area (Å²) >= 11 is 8.11. The molecule has 0 fully saturated rings. The second-order valence-electron chi connectivity index (χ2n) is 4.75. The van der Waals surface area contributed by atoms with Crippen molar-refractivity contribution < 1.29 is 4.74 Å². The SMILES string of the molecule is CNC(c1cccc2c1OCC2)c1scc(C)c1Cl. The summed E-state index contributed by atoms with van der Waals surface area (Å²) in [4.78, 5) is 1.16. The Morgan fingerprint density at radius 3 is 2.95 bits per heavy atom. The highest BCUT2D eigenvalue weighted by atomic mass is 35.5. The van der Waals surface area contributed by atoms with Crippen LogP contribution in [0.5, 0.6) is 5.75 Å². The number of aryl methyl sites for hydroxylation is 1. The molecule has 0 saturated carbocycles. The standard InChI is InChI=1S/C15H16ClNOS/c1-9-8-19-15(12(9)16)13(17-2)11-5-3-4-10-6-7-18-14(10)11/h3-5,8,13,17H,6-7H2,1-2H3. The van der Waals surface area contributed by atoms with E-state index in [4.69, 9.17) is 16.3 Å². The van der Waals surface area contributed by atoms with Crippen molar-refractivity contribution in [2.45, 2.75) is 19.4 Å². The summed E-state index contributed by atoms with van der Waals surface area (Å²) < 4.78 is 5.80. The van der Waals surface area contributed by atoms with E-state index in [2.05, 4.69) is 28.9 Å². The molecule has 3 rings (SSSR count). The van der Waals surface area contributed by atoms with Gasteiger partial charge in [0.1, 0.15) is 5.75 Å². The number of para-hydroxylation sites is 1. The molecule has 1 unspecified atom stereocenters. The fourth-order valence-corrected chi connectivity index (χ4v) is 3.97. The smallest absolute Gasteiger partial charge is 0.127 e. The molecule has 1 aromatic heterocycles. The first-order chi connectivity index (χ1) is 9.22. The maximum Gasteiger partial charge on any atom is 0.127 e. The molecule has 0 saturated heterocycles. The molecule has 0 radical (unpaired) electrons. The zero-order valence-corrected chi connectivity index (χ0v) is 12.6. The van der Waals surface area contributed by atoms with Crippen LogP contribution in [0.2, 0.25) is 5.02 Å². The molecule has 2 nitrogen and oxygen atoms in total. The molecule has 0 aliphatic carbocycles. The molecule has 2 heterocycles. The monoisotopic (exact) mass is 293 g/mol. The van der Waals surface area contributed by atoms with E-state index in [0.717, 1.165) is 34.2 Å². The quantitative estimate of drug-likeness (QED) is 0.925. The minimum atomic E-state index is 0.0965. The average molecular weight is 294 g/mol. The van der Waals surface area contributed by atoms with Gasteiger partial charge < -0.3 is 10.1 Å². The Hall–Kier alpha value is -1.03. The van der Waals surface area contributed by atoms with Gasteiger partial charge in [-0.2, -0.15) is 0 Å². The zero-order chi connectivity index (χ0) is 13.4. The lowest BCUT2D eigenvalue weighted by molar-refractivity contribution is 0.351. The van der Waals surface area contributed by atoms with Crippen LogP contribution in [-0.2, 0) is 6.42 Å². The minimum absolute atomic E-state index is 0.0965. The number of hydrogen-bond acceptors (Lipinski definition) is 3. The lowest BCUT2D eigenvalue weighted by Crippen LogP contribution is -2.17. The predicted octanol–water partition coefficient (Wildman–Crippen LogP) is 3.95. The van der Waals surface area contributed by atoms with Crippen molar-refractivity contribution in [1.82, 2.24) is 5.32 Å². The molecule has 19 heavy (non-hydrogen) atoms. The summed E-state index contributed by atoms with van der Waals surface area (Å²) in [5.74, 6) is 1.03. The van der Waals surface area contributed by atoms with Crippen LogP contribution in [0.15, 0.2) is 23.6 Å². The molecule has 1 atom stereocenters. The van der Waals surface area contributed by atoms with Crippen molar-refractivity contribution in [3.8, 4) is 5.75 Å². The number of benzene rings is 1. The third-order valence-corrected chi connectivity index (χ3v) is 5.31. The predicted molar refractivity (Wildman–Crippen MR) is 80.6 cm³/mol. The van der Waals surface area contributed by atoms with Crippen molar-refractivity contribution in [3.63, 3.8) is 0 Å². The summed E-state index contributed by atoms with van der Waals surface area (Å²) in [5.41, 5.74) is 3.61. The Bertz CT molecular complexity index is 608. The Labute approximate surface area is 122 Å². The highest BCUT2D eigenvalue weighted by Crippen LogP contribution is 2.41. The topological polar surface area (TPSA) is 21.3 Å². The number of fused-ring (bicyclic) bond motifs is 1. The summed E-state index contributed by atoms with van der Waals surface area (Å²) in [6, 6.07) is 6.46. The van der Waals surface area contributed by atoms with Gasteiger partial charge in [-0.15, -0.1) is 11.3 Å². The van der Waals surface area contributed by atoms with Crippen LogP contribution in [0.25, 0.3) is 0 Å². The van der Waals surface area contributed by atoms with Crippen LogP contribution in [-0.4, -0.2) is 13.7 Å². The molecule has 4 heteroatoms. The lowest BCUT2D eigenvalue weighted by Gasteiger charge is -2.18. The minimum Gasteiger partial charge on any atom is -0.493 e. The molecular weight excluding hydrogens is 278 g/mol. The molecule has 0 bridgehead atoms. The van der Waals surface area contributed by atoms with Gasteiger partial charge in [0.25, 0.3) is 0 Å². The molecule has 0 spiro atoms. The van der Waals surface area contributed by atoms with Gasteiger partial charge >= 0.3 is 0 Å². The first kappa shape index (κ1) is 13.0. The van der Waals surface area contributed by atoms with Crippen LogP contribution in [0.1, 0.15) is 27.6 Å². The van der Waals surface area contributed by atoms with E-state index in [1.807, 2.05) is 14.0 Å². The molecule has 2 aromatic rings. The first-order valence-electron chi connectivity index (χ1n) is 6.37. The van der Waals surface area contributed by atoms with Gasteiger partial charge in [0.05, 0.1) is 17.7 Å². The second kappa shape index (κ2) is 5.16. The second-order valence-corrected chi connectivity index (χ2v) is 6.04. The highest BCUT2D eigenvalue weighted by Gasteiger charge is 2.25. The van der Waals surface area contributed by atoms with Crippen molar-refractivity contribution in [2.24, 2.45) is 0 Å². The number of ether oxygens (including phenoxy) is 1. The molecule has 100 valence electrons. The summed E-state index contributed by atoms with van der Waals surface area (Å²) in [7, 11) is 1.96. The summed E-state index contributed by atoms with van der Waals surface area (Å²) in [6.45, 7) is 2.82. The van der Waals surface area contributed by atoms with Gasteiger partial charge in [0.2, 0.25) is 0 Å². The van der Waals surface area contributed by atoms with Crippen molar-refractivity contribution in [2.75, 3.05) is 13.7 Å². The van der Waals surface area contributed by atoms with Crippen LogP contribution in [0.4, 0.5) is 0 Å². The van der Waals surface area contributed by atoms with Crippen molar-refractivity contribution in [1.29, 1.82) is 0 Å². The van der Waals surface area contributed by atoms with E-state index in [1.165, 1.54) is 11.1 Å². The third kappa shape index (κ3) is 2.16. The van der Waals surface area contributed by atoms with Crippen molar-refractivity contribution >= 4 is 22.9 Å². The third-order valence-electron chi connectivity index (χ3n) is 3.53. The largest absolute Gasteiger partial charge is 0.493 e. The Morgan fingerprint density at radius 1 is 1.42 bits per heavy atom. The molecule has 0 amide bonds. The van der Waals surface area contributed by atoms with Crippen LogP contribution >= 0.6 is 22.9 Å². The van der Waals surface area contributed by atoms with E-state index in [-0.39, 0.29) is 6.04 Å². The van der Waals surface area contributed by atoms with Crippen LogP contribution in [0, 0.1) is 6.92 Å². The Kier molecular flexibility index (Phi) is 3.52. The number of halogens is 1.